The Kier molecular flexibility index (Phi) is 13.2. The van der Waals surface area contributed by atoms with Crippen molar-refractivity contribution in [3.8, 4) is 40.0 Å². The molecule has 8 heteroatoms. The number of nitrogens with zero attached hydrogens (tertiary/aromatic N) is 3. The zero-order valence-electron chi connectivity index (χ0n) is 32.3. The van der Waals surface area contributed by atoms with Crippen molar-refractivity contribution in [1.82, 2.24) is 20.1 Å². The van der Waals surface area contributed by atoms with Gasteiger partial charge in [0.2, 0.25) is 0 Å². The number of benzene rings is 6. The lowest BCUT2D eigenvalue weighted by molar-refractivity contribution is 0.0952. The number of hydrogen-bond donors (Lipinski definition) is 3. The first-order chi connectivity index (χ1) is 28.1. The van der Waals surface area contributed by atoms with Gasteiger partial charge in [0.05, 0.1) is 28.5 Å². The normalized spacial score (nSPS) is 11.4. The molecule has 0 aliphatic heterocycles. The van der Waals surface area contributed by atoms with Crippen LogP contribution in [0.1, 0.15) is 61.7 Å². The number of nitrogens with one attached hydrogen (secondary N) is 1. The number of carbonyl (C=O) groups excluding carboxylic acids is 1. The summed E-state index contributed by atoms with van der Waals surface area (Å²) in [5.74, 6) is 0.514. The first kappa shape index (κ1) is 39.2. The quantitative estimate of drug-likeness (QED) is 0.0596. The molecule has 1 heterocycles. The van der Waals surface area contributed by atoms with E-state index in [9.17, 15) is 15.0 Å². The van der Waals surface area contributed by atoms with E-state index < -0.39 is 7.26 Å². The second-order valence-electron chi connectivity index (χ2n) is 14.3. The number of unbranched alkanes of at least 4 members (excludes halogenated alkanes) is 7. The fraction of sp³-hybridized carbons (Fsp3) is 0.204. The zero-order valence-corrected chi connectivity index (χ0v) is 33.1. The predicted octanol–water partition coefficient (Wildman–Crippen LogP) is 9.86. The van der Waals surface area contributed by atoms with E-state index >= 15 is 0 Å². The van der Waals surface area contributed by atoms with Crippen LogP contribution in [0.25, 0.3) is 28.5 Å². The molecular weight excluding hydrogens is 724 g/mol. The SMILES string of the molecule is O=C(NCCCCCCCCCC[P+](c1ccccc1)(c1ccccc1)c1ccccc1)c1ccccc1-n1nc(-c2ccccc2O)nc1-c1ccccc1O. The van der Waals surface area contributed by atoms with E-state index in [0.29, 0.717) is 34.7 Å². The van der Waals surface area contributed by atoms with E-state index in [-0.39, 0.29) is 23.2 Å². The third-order valence-corrected chi connectivity index (χ3v) is 15.1. The van der Waals surface area contributed by atoms with Gasteiger partial charge in [-0.15, -0.1) is 5.10 Å². The summed E-state index contributed by atoms with van der Waals surface area (Å²) in [7, 11) is -1.77. The molecule has 7 rings (SSSR count). The van der Waals surface area contributed by atoms with E-state index in [1.165, 1.54) is 54.2 Å². The Hall–Kier alpha value is -6.04. The Labute approximate surface area is 336 Å². The molecule has 0 bridgehead atoms. The number of phenolic OH excluding ortho intramolecular Hbond substituents is 2. The summed E-state index contributed by atoms with van der Waals surface area (Å²) in [6.07, 6.45) is 10.3. The highest BCUT2D eigenvalue weighted by molar-refractivity contribution is 7.95. The second kappa shape index (κ2) is 19.2. The summed E-state index contributed by atoms with van der Waals surface area (Å²) in [5, 5.41) is 33.5. The first-order valence-electron chi connectivity index (χ1n) is 20.0. The van der Waals surface area contributed by atoms with Gasteiger partial charge in [0, 0.05) is 6.54 Å². The molecule has 0 unspecified atom stereocenters. The number of aromatic nitrogens is 3. The highest BCUT2D eigenvalue weighted by atomic mass is 31.2. The fourth-order valence-corrected chi connectivity index (χ4v) is 12.1. The number of carbonyl (C=O) groups is 1. The summed E-state index contributed by atoms with van der Waals surface area (Å²) in [5.41, 5.74) is 1.88. The van der Waals surface area contributed by atoms with Crippen molar-refractivity contribution in [3.63, 3.8) is 0 Å². The minimum Gasteiger partial charge on any atom is -0.507 e. The van der Waals surface area contributed by atoms with Crippen molar-refractivity contribution < 1.29 is 15.0 Å². The molecule has 6 aromatic carbocycles. The Morgan fingerprint density at radius 3 is 1.54 bits per heavy atom. The molecule has 0 atom stereocenters. The Morgan fingerprint density at radius 2 is 0.982 bits per heavy atom. The minimum atomic E-state index is -1.77. The van der Waals surface area contributed by atoms with Crippen LogP contribution in [0.5, 0.6) is 11.5 Å². The third-order valence-electron chi connectivity index (χ3n) is 10.6. The van der Waals surface area contributed by atoms with Gasteiger partial charge in [-0.05, 0) is 92.1 Å². The van der Waals surface area contributed by atoms with Crippen molar-refractivity contribution in [3.05, 3.63) is 169 Å². The van der Waals surface area contributed by atoms with Crippen LogP contribution in [0.4, 0.5) is 0 Å². The van der Waals surface area contributed by atoms with Gasteiger partial charge >= 0.3 is 0 Å². The fourth-order valence-electron chi connectivity index (χ4n) is 7.66. The minimum absolute atomic E-state index is 0.0365. The molecule has 57 heavy (non-hydrogen) atoms. The van der Waals surface area contributed by atoms with E-state index in [0.717, 1.165) is 19.3 Å². The Balaban J connectivity index is 0.912. The lowest BCUT2D eigenvalue weighted by Crippen LogP contribution is -2.33. The van der Waals surface area contributed by atoms with Gasteiger partial charge in [0.25, 0.3) is 5.91 Å². The van der Waals surface area contributed by atoms with Crippen molar-refractivity contribution >= 4 is 29.1 Å². The summed E-state index contributed by atoms with van der Waals surface area (Å²) >= 11 is 0. The van der Waals surface area contributed by atoms with E-state index in [1.807, 2.05) is 24.3 Å². The lowest BCUT2D eigenvalue weighted by Gasteiger charge is -2.27. The number of rotatable bonds is 18. The molecule has 1 amide bonds. The zero-order chi connectivity index (χ0) is 39.3. The number of phenols is 2. The molecule has 0 spiro atoms. The van der Waals surface area contributed by atoms with Crippen LogP contribution in [0.15, 0.2) is 164 Å². The summed E-state index contributed by atoms with van der Waals surface area (Å²) in [6, 6.07) is 54.4. The topological polar surface area (TPSA) is 100 Å². The monoisotopic (exact) mass is 773 g/mol. The number of amides is 1. The molecule has 0 aliphatic carbocycles. The van der Waals surface area contributed by atoms with Gasteiger partial charge in [0.1, 0.15) is 34.7 Å². The Bertz CT molecular complexity index is 2250. The standard InChI is InChI=1S/C49H49N4O3P/c54-45-34-20-17-31-42(45)47-51-48(43-32-18-21-35-46(43)55)53(52-47)44-33-19-16-30-41(44)49(56)50-36-22-5-3-1-2-4-6-23-37-57(38-24-10-7-11-25-38,39-26-12-8-13-27-39)40-28-14-9-15-29-40/h7-21,24-35H,1-6,22-23,36-37H2,(H2-,50,51,52,54,55,56)/p+1. The van der Waals surface area contributed by atoms with Gasteiger partial charge in [-0.2, -0.15) is 0 Å². The van der Waals surface area contributed by atoms with Gasteiger partial charge in [-0.3, -0.25) is 4.79 Å². The molecular formula is C49H50N4O3P+. The van der Waals surface area contributed by atoms with Gasteiger partial charge in [0.15, 0.2) is 11.6 Å². The number of para-hydroxylation sites is 3. The number of aromatic hydroxyl groups is 2. The van der Waals surface area contributed by atoms with E-state index in [4.69, 9.17) is 10.1 Å². The summed E-state index contributed by atoms with van der Waals surface area (Å²) in [6.45, 7) is 0.574. The van der Waals surface area contributed by atoms with E-state index in [2.05, 4.69) is 96.3 Å². The second-order valence-corrected chi connectivity index (χ2v) is 18.0. The van der Waals surface area contributed by atoms with Crippen LogP contribution in [-0.4, -0.2) is 43.6 Å². The molecule has 0 aliphatic rings. The molecule has 7 nitrogen and oxygen atoms in total. The van der Waals surface area contributed by atoms with E-state index in [1.54, 1.807) is 53.2 Å². The van der Waals surface area contributed by atoms with Gasteiger partial charge < -0.3 is 15.5 Å². The maximum Gasteiger partial charge on any atom is 0.253 e. The average molecular weight is 774 g/mol. The maximum absolute atomic E-state index is 13.6. The summed E-state index contributed by atoms with van der Waals surface area (Å²) < 4.78 is 1.57. The van der Waals surface area contributed by atoms with Crippen molar-refractivity contribution in [2.75, 3.05) is 12.7 Å². The van der Waals surface area contributed by atoms with Crippen LogP contribution in [0.2, 0.25) is 0 Å². The molecule has 1 aromatic heterocycles. The highest BCUT2D eigenvalue weighted by Gasteiger charge is 2.44. The molecule has 7 aromatic rings. The van der Waals surface area contributed by atoms with Gasteiger partial charge in [-0.25, -0.2) is 9.67 Å². The summed E-state index contributed by atoms with van der Waals surface area (Å²) in [4.78, 5) is 18.3. The molecule has 0 saturated carbocycles. The van der Waals surface area contributed by atoms with Crippen LogP contribution < -0.4 is 21.2 Å². The van der Waals surface area contributed by atoms with Crippen LogP contribution in [0, 0.1) is 0 Å². The average Bonchev–Trinajstić information content (AvgIpc) is 3.70. The molecule has 0 radical (unpaired) electrons. The van der Waals surface area contributed by atoms with Crippen molar-refractivity contribution in [1.29, 1.82) is 0 Å². The third kappa shape index (κ3) is 9.17. The van der Waals surface area contributed by atoms with Gasteiger partial charge in [-0.1, -0.05) is 123 Å². The molecule has 3 N–H and O–H groups in total. The smallest absolute Gasteiger partial charge is 0.253 e. The molecule has 0 saturated heterocycles. The largest absolute Gasteiger partial charge is 0.507 e. The lowest BCUT2D eigenvalue weighted by atomic mass is 10.1. The van der Waals surface area contributed by atoms with Crippen molar-refractivity contribution in [2.24, 2.45) is 0 Å². The van der Waals surface area contributed by atoms with Crippen LogP contribution >= 0.6 is 7.26 Å². The Morgan fingerprint density at radius 1 is 0.526 bits per heavy atom. The number of hydrogen-bond acceptors (Lipinski definition) is 5. The highest BCUT2D eigenvalue weighted by Crippen LogP contribution is 2.56. The van der Waals surface area contributed by atoms with Crippen LogP contribution in [-0.2, 0) is 0 Å². The molecule has 288 valence electrons. The van der Waals surface area contributed by atoms with Crippen molar-refractivity contribution in [2.45, 2.75) is 51.4 Å². The molecule has 0 fully saturated rings. The maximum atomic E-state index is 13.6. The first-order valence-corrected chi connectivity index (χ1v) is 22.0. The predicted molar refractivity (Wildman–Crippen MR) is 235 cm³/mol. The van der Waals surface area contributed by atoms with Crippen LogP contribution in [0.3, 0.4) is 0 Å².